The average molecular weight is 397 g/mol. The van der Waals surface area contributed by atoms with Gasteiger partial charge in [0.15, 0.2) is 6.10 Å². The predicted octanol–water partition coefficient (Wildman–Crippen LogP) is 1.19. The van der Waals surface area contributed by atoms with E-state index < -0.39 is 16.1 Å². The molecule has 9 heteroatoms. The zero-order valence-corrected chi connectivity index (χ0v) is 16.4. The summed E-state index contributed by atoms with van der Waals surface area (Å²) in [6.45, 7) is 5.98. The molecule has 0 saturated carbocycles. The van der Waals surface area contributed by atoms with Crippen LogP contribution in [0.1, 0.15) is 26.2 Å². The van der Waals surface area contributed by atoms with Gasteiger partial charge >= 0.3 is 0 Å². The molecule has 0 aliphatic carbocycles. The van der Waals surface area contributed by atoms with Gasteiger partial charge in [-0.05, 0) is 31.0 Å². The third-order valence-corrected chi connectivity index (χ3v) is 6.18. The molecule has 1 fully saturated rings. The van der Waals surface area contributed by atoms with Crippen molar-refractivity contribution in [2.45, 2.75) is 37.2 Å². The van der Waals surface area contributed by atoms with E-state index in [-0.39, 0.29) is 10.8 Å². The quantitative estimate of drug-likeness (QED) is 0.684. The summed E-state index contributed by atoms with van der Waals surface area (Å²) in [4.78, 5) is 14.4. The predicted molar refractivity (Wildman–Crippen MR) is 101 cm³/mol. The van der Waals surface area contributed by atoms with Gasteiger partial charge in [0.05, 0.1) is 23.8 Å². The van der Waals surface area contributed by atoms with Crippen LogP contribution in [0.25, 0.3) is 0 Å². The molecular formula is C18H27N3O5S. The Hall–Kier alpha value is -1.68. The van der Waals surface area contributed by atoms with Gasteiger partial charge in [-0.3, -0.25) is 9.69 Å². The second-order valence-corrected chi connectivity index (χ2v) is 8.51. The van der Waals surface area contributed by atoms with Gasteiger partial charge in [-0.15, -0.1) is 0 Å². The molecule has 2 aliphatic heterocycles. The highest BCUT2D eigenvalue weighted by molar-refractivity contribution is 7.89. The number of unbranched alkanes of at least 4 members (excludes halogenated alkanes) is 1. The summed E-state index contributed by atoms with van der Waals surface area (Å²) >= 11 is 0. The number of nitrogens with zero attached hydrogens (tertiary/aromatic N) is 1. The number of ether oxygens (including phenoxy) is 2. The number of hydrogen-bond donors (Lipinski definition) is 2. The maximum atomic E-state index is 12.5. The van der Waals surface area contributed by atoms with E-state index in [4.69, 9.17) is 9.47 Å². The minimum absolute atomic E-state index is 0.110. The van der Waals surface area contributed by atoms with Gasteiger partial charge < -0.3 is 14.8 Å². The number of carbonyl (C=O) groups is 1. The standard InChI is InChI=1S/C18H27N3O5S/c1-2-3-4-17-18(22)20-15-13-14(5-6-16(15)26-17)27(23,24)19-7-8-21-9-11-25-12-10-21/h5-6,13,17,19H,2-4,7-12H2,1H3,(H,20,22)/t17-/m1/s1. The first-order chi connectivity index (χ1) is 13.0. The van der Waals surface area contributed by atoms with E-state index in [1.807, 2.05) is 0 Å². The molecule has 27 heavy (non-hydrogen) atoms. The van der Waals surface area contributed by atoms with Gasteiger partial charge in [0.1, 0.15) is 5.75 Å². The highest BCUT2D eigenvalue weighted by atomic mass is 32.2. The van der Waals surface area contributed by atoms with Gasteiger partial charge in [0, 0.05) is 26.2 Å². The topological polar surface area (TPSA) is 97.0 Å². The van der Waals surface area contributed by atoms with E-state index in [1.54, 1.807) is 6.07 Å². The number of anilines is 1. The van der Waals surface area contributed by atoms with Gasteiger partial charge in [-0.1, -0.05) is 13.3 Å². The minimum atomic E-state index is -3.65. The van der Waals surface area contributed by atoms with Crippen molar-refractivity contribution in [2.75, 3.05) is 44.7 Å². The minimum Gasteiger partial charge on any atom is -0.478 e. The van der Waals surface area contributed by atoms with Crippen LogP contribution in [0.15, 0.2) is 23.1 Å². The van der Waals surface area contributed by atoms with Crippen LogP contribution in [-0.2, 0) is 19.6 Å². The Morgan fingerprint density at radius 1 is 1.30 bits per heavy atom. The van der Waals surface area contributed by atoms with Crippen LogP contribution in [0, 0.1) is 0 Å². The molecule has 1 amide bonds. The van der Waals surface area contributed by atoms with E-state index in [0.717, 1.165) is 25.9 Å². The van der Waals surface area contributed by atoms with Crippen molar-refractivity contribution < 1.29 is 22.7 Å². The molecule has 150 valence electrons. The second-order valence-electron chi connectivity index (χ2n) is 6.75. The average Bonchev–Trinajstić information content (AvgIpc) is 2.66. The fourth-order valence-electron chi connectivity index (χ4n) is 3.12. The first-order valence-corrected chi connectivity index (χ1v) is 10.9. The van der Waals surface area contributed by atoms with Crippen LogP contribution in [0.3, 0.4) is 0 Å². The molecule has 3 rings (SSSR count). The lowest BCUT2D eigenvalue weighted by atomic mass is 10.1. The third kappa shape index (κ3) is 5.19. The Morgan fingerprint density at radius 3 is 2.81 bits per heavy atom. The summed E-state index contributed by atoms with van der Waals surface area (Å²) in [5, 5.41) is 2.76. The van der Waals surface area contributed by atoms with Crippen molar-refractivity contribution >= 4 is 21.6 Å². The number of carbonyl (C=O) groups excluding carboxylic acids is 1. The molecule has 2 heterocycles. The lowest BCUT2D eigenvalue weighted by Gasteiger charge is -2.27. The maximum Gasteiger partial charge on any atom is 0.265 e. The number of morpholine rings is 1. The molecule has 8 nitrogen and oxygen atoms in total. The van der Waals surface area contributed by atoms with Crippen molar-refractivity contribution in [1.82, 2.24) is 9.62 Å². The number of amides is 1. The maximum absolute atomic E-state index is 12.5. The number of rotatable bonds is 8. The molecule has 1 aromatic rings. The van der Waals surface area contributed by atoms with Gasteiger partial charge in [0.25, 0.3) is 5.91 Å². The number of sulfonamides is 1. The van der Waals surface area contributed by atoms with Crippen molar-refractivity contribution in [3.63, 3.8) is 0 Å². The molecule has 1 atom stereocenters. The van der Waals surface area contributed by atoms with Gasteiger partial charge in [0.2, 0.25) is 10.0 Å². The van der Waals surface area contributed by atoms with E-state index in [0.29, 0.717) is 44.2 Å². The van der Waals surface area contributed by atoms with Crippen LogP contribution in [0.4, 0.5) is 5.69 Å². The zero-order valence-electron chi connectivity index (χ0n) is 15.6. The monoisotopic (exact) mass is 397 g/mol. The number of nitrogens with one attached hydrogen (secondary N) is 2. The van der Waals surface area contributed by atoms with Crippen LogP contribution in [0.2, 0.25) is 0 Å². The molecule has 2 N–H and O–H groups in total. The van der Waals surface area contributed by atoms with Crippen LogP contribution in [0.5, 0.6) is 5.75 Å². The normalized spacial score (nSPS) is 20.6. The summed E-state index contributed by atoms with van der Waals surface area (Å²) in [6.07, 6.45) is 2.00. The fraction of sp³-hybridized carbons (Fsp3) is 0.611. The Labute approximate surface area is 160 Å². The van der Waals surface area contributed by atoms with Gasteiger partial charge in [-0.2, -0.15) is 0 Å². The van der Waals surface area contributed by atoms with Crippen LogP contribution >= 0.6 is 0 Å². The summed E-state index contributed by atoms with van der Waals surface area (Å²) in [5.41, 5.74) is 0.392. The van der Waals surface area contributed by atoms with Gasteiger partial charge in [-0.25, -0.2) is 13.1 Å². The Bertz CT molecular complexity index is 762. The van der Waals surface area contributed by atoms with E-state index in [1.165, 1.54) is 12.1 Å². The summed E-state index contributed by atoms with van der Waals surface area (Å²) in [5.74, 6) is 0.272. The molecule has 0 radical (unpaired) electrons. The number of benzene rings is 1. The third-order valence-electron chi connectivity index (χ3n) is 4.72. The molecule has 0 unspecified atom stereocenters. The SMILES string of the molecule is CCCC[C@H]1Oc2ccc(S(=O)(=O)NCCN3CCOCC3)cc2NC1=O. The number of fused-ring (bicyclic) bond motifs is 1. The molecule has 0 aromatic heterocycles. The van der Waals surface area contributed by atoms with E-state index in [2.05, 4.69) is 21.9 Å². The van der Waals surface area contributed by atoms with E-state index in [9.17, 15) is 13.2 Å². The van der Waals surface area contributed by atoms with Crippen LogP contribution in [-0.4, -0.2) is 64.7 Å². The van der Waals surface area contributed by atoms with Crippen LogP contribution < -0.4 is 14.8 Å². The van der Waals surface area contributed by atoms with E-state index >= 15 is 0 Å². The highest BCUT2D eigenvalue weighted by Gasteiger charge is 2.28. The fourth-order valence-corrected chi connectivity index (χ4v) is 4.17. The number of hydrogen-bond acceptors (Lipinski definition) is 6. The Kier molecular flexibility index (Phi) is 6.69. The molecule has 2 aliphatic rings. The molecule has 1 aromatic carbocycles. The smallest absolute Gasteiger partial charge is 0.265 e. The molecule has 1 saturated heterocycles. The zero-order chi connectivity index (χ0) is 19.3. The second kappa shape index (κ2) is 9.01. The molecule has 0 spiro atoms. The van der Waals surface area contributed by atoms with Crippen molar-refractivity contribution in [1.29, 1.82) is 0 Å². The highest BCUT2D eigenvalue weighted by Crippen LogP contribution is 2.32. The van der Waals surface area contributed by atoms with Crippen molar-refractivity contribution in [3.05, 3.63) is 18.2 Å². The van der Waals surface area contributed by atoms with Crippen molar-refractivity contribution in [2.24, 2.45) is 0 Å². The lowest BCUT2D eigenvalue weighted by molar-refractivity contribution is -0.123. The summed E-state index contributed by atoms with van der Waals surface area (Å²) in [6, 6.07) is 4.55. The first-order valence-electron chi connectivity index (χ1n) is 9.41. The summed E-state index contributed by atoms with van der Waals surface area (Å²) in [7, 11) is -3.65. The molecular weight excluding hydrogens is 370 g/mol. The first kappa shape index (κ1) is 20.1. The summed E-state index contributed by atoms with van der Waals surface area (Å²) < 4.78 is 38.7. The Morgan fingerprint density at radius 2 is 2.07 bits per heavy atom. The Balaban J connectivity index is 1.61. The largest absolute Gasteiger partial charge is 0.478 e. The molecule has 0 bridgehead atoms. The lowest BCUT2D eigenvalue weighted by Crippen LogP contribution is -2.41. The van der Waals surface area contributed by atoms with Crippen molar-refractivity contribution in [3.8, 4) is 5.75 Å².